The van der Waals surface area contributed by atoms with Crippen LogP contribution in [0.3, 0.4) is 0 Å². The summed E-state index contributed by atoms with van der Waals surface area (Å²) in [4.78, 5) is 17.6. The third kappa shape index (κ3) is 2.35. The fourth-order valence-corrected chi connectivity index (χ4v) is 3.90. The predicted octanol–water partition coefficient (Wildman–Crippen LogP) is 3.24. The average molecular weight is 313 g/mol. The van der Waals surface area contributed by atoms with Crippen molar-refractivity contribution in [2.45, 2.75) is 32.1 Å². The lowest BCUT2D eigenvalue weighted by Crippen LogP contribution is -2.28. The van der Waals surface area contributed by atoms with Crippen LogP contribution >= 0.6 is 0 Å². The van der Waals surface area contributed by atoms with Gasteiger partial charge in [-0.2, -0.15) is 0 Å². The Labute approximate surface area is 134 Å². The summed E-state index contributed by atoms with van der Waals surface area (Å²) in [5.41, 5.74) is 1.19. The van der Waals surface area contributed by atoms with Gasteiger partial charge in [0.15, 0.2) is 0 Å². The summed E-state index contributed by atoms with van der Waals surface area (Å²) in [6.45, 7) is 1.77. The number of benzene rings is 1. The van der Waals surface area contributed by atoms with Crippen LogP contribution < -0.4 is 10.9 Å². The highest BCUT2D eigenvalue weighted by Crippen LogP contribution is 2.57. The quantitative estimate of drug-likeness (QED) is 0.946. The molecule has 1 unspecified atom stereocenters. The van der Waals surface area contributed by atoms with E-state index >= 15 is 0 Å². The second kappa shape index (κ2) is 5.18. The van der Waals surface area contributed by atoms with Crippen molar-refractivity contribution in [2.24, 2.45) is 11.8 Å². The molecule has 2 fully saturated rings. The van der Waals surface area contributed by atoms with Crippen LogP contribution in [-0.2, 0) is 0 Å². The molecule has 2 saturated carbocycles. The Balaban J connectivity index is 1.89. The molecule has 2 aliphatic carbocycles. The molecular formula is C18H20FN3O. The van der Waals surface area contributed by atoms with Gasteiger partial charge in [-0.05, 0) is 62.3 Å². The van der Waals surface area contributed by atoms with Crippen molar-refractivity contribution in [2.75, 3.05) is 12.4 Å². The minimum atomic E-state index is -0.304. The first-order chi connectivity index (χ1) is 11.1. The Bertz CT molecular complexity index is 802. The number of anilines is 1. The molecule has 1 heterocycles. The Morgan fingerprint density at radius 3 is 2.43 bits per heavy atom. The zero-order chi connectivity index (χ0) is 16.1. The number of nitrogens with one attached hydrogen (secondary N) is 1. The number of aromatic nitrogens is 2. The summed E-state index contributed by atoms with van der Waals surface area (Å²) < 4.78 is 14.9. The molecule has 2 aromatic rings. The van der Waals surface area contributed by atoms with E-state index in [0.717, 1.165) is 30.5 Å². The van der Waals surface area contributed by atoms with E-state index in [2.05, 4.69) is 5.32 Å². The molecule has 0 bridgehead atoms. The van der Waals surface area contributed by atoms with Crippen molar-refractivity contribution < 1.29 is 4.39 Å². The number of fused-ring (bicyclic) bond motifs is 1. The fraction of sp³-hybridized carbons (Fsp3) is 0.444. The molecule has 0 aliphatic heterocycles. The SMILES string of the molecule is CNc1nc(C2C[C@@H]3C[C@@H]3C2)n(-c2ccc(F)cc2)c(=O)c1C. The van der Waals surface area contributed by atoms with Crippen molar-refractivity contribution >= 4 is 5.82 Å². The van der Waals surface area contributed by atoms with E-state index in [0.29, 0.717) is 23.0 Å². The van der Waals surface area contributed by atoms with Gasteiger partial charge in [-0.15, -0.1) is 0 Å². The van der Waals surface area contributed by atoms with Gasteiger partial charge in [-0.1, -0.05) is 0 Å². The maximum absolute atomic E-state index is 13.2. The number of nitrogens with zero attached hydrogens (tertiary/aromatic N) is 2. The Kier molecular flexibility index (Phi) is 3.25. The van der Waals surface area contributed by atoms with Crippen molar-refractivity contribution in [1.82, 2.24) is 9.55 Å². The van der Waals surface area contributed by atoms with E-state index in [4.69, 9.17) is 4.98 Å². The van der Waals surface area contributed by atoms with Gasteiger partial charge in [-0.3, -0.25) is 9.36 Å². The fourth-order valence-electron chi connectivity index (χ4n) is 3.90. The highest BCUT2D eigenvalue weighted by molar-refractivity contribution is 5.45. The topological polar surface area (TPSA) is 46.9 Å². The van der Waals surface area contributed by atoms with Crippen LogP contribution in [-0.4, -0.2) is 16.6 Å². The van der Waals surface area contributed by atoms with E-state index in [1.54, 1.807) is 30.7 Å². The first kappa shape index (κ1) is 14.4. The molecule has 1 N–H and O–H groups in total. The molecule has 1 aromatic heterocycles. The lowest BCUT2D eigenvalue weighted by atomic mass is 10.0. The van der Waals surface area contributed by atoms with Gasteiger partial charge in [0.05, 0.1) is 11.3 Å². The maximum atomic E-state index is 13.2. The lowest BCUT2D eigenvalue weighted by Gasteiger charge is -2.20. The van der Waals surface area contributed by atoms with Crippen LogP contribution in [0.15, 0.2) is 29.1 Å². The minimum Gasteiger partial charge on any atom is -0.373 e. The third-order valence-corrected chi connectivity index (χ3v) is 5.26. The molecule has 120 valence electrons. The van der Waals surface area contributed by atoms with Crippen LogP contribution in [0.4, 0.5) is 10.2 Å². The van der Waals surface area contributed by atoms with Gasteiger partial charge in [0.2, 0.25) is 0 Å². The van der Waals surface area contributed by atoms with Crippen molar-refractivity contribution in [3.63, 3.8) is 0 Å². The third-order valence-electron chi connectivity index (χ3n) is 5.26. The summed E-state index contributed by atoms with van der Waals surface area (Å²) in [5.74, 6) is 3.06. The van der Waals surface area contributed by atoms with Gasteiger partial charge in [-0.25, -0.2) is 9.37 Å². The van der Waals surface area contributed by atoms with Crippen molar-refractivity contribution in [3.8, 4) is 5.69 Å². The smallest absolute Gasteiger partial charge is 0.263 e. The van der Waals surface area contributed by atoms with Crippen molar-refractivity contribution in [3.05, 3.63) is 51.8 Å². The van der Waals surface area contributed by atoms with Crippen LogP contribution in [0.25, 0.3) is 5.69 Å². The summed E-state index contributed by atoms with van der Waals surface area (Å²) in [6.07, 6.45) is 3.52. The molecule has 0 spiro atoms. The molecule has 1 aromatic carbocycles. The summed E-state index contributed by atoms with van der Waals surface area (Å²) >= 11 is 0. The van der Waals surface area contributed by atoms with Crippen molar-refractivity contribution in [1.29, 1.82) is 0 Å². The zero-order valence-electron chi connectivity index (χ0n) is 13.3. The molecule has 0 amide bonds. The molecule has 5 heteroatoms. The van der Waals surface area contributed by atoms with Crippen LogP contribution in [0.5, 0.6) is 0 Å². The molecule has 0 radical (unpaired) electrons. The van der Waals surface area contributed by atoms with E-state index in [9.17, 15) is 9.18 Å². The van der Waals surface area contributed by atoms with Crippen LogP contribution in [0.2, 0.25) is 0 Å². The highest BCUT2D eigenvalue weighted by atomic mass is 19.1. The number of hydrogen-bond donors (Lipinski definition) is 1. The van der Waals surface area contributed by atoms with E-state index < -0.39 is 0 Å². The first-order valence-corrected chi connectivity index (χ1v) is 8.15. The molecule has 4 nitrogen and oxygen atoms in total. The molecule has 0 saturated heterocycles. The summed E-state index contributed by atoms with van der Waals surface area (Å²) in [6, 6.07) is 6.07. The second-order valence-electron chi connectivity index (χ2n) is 6.73. The average Bonchev–Trinajstić information content (AvgIpc) is 3.17. The highest BCUT2D eigenvalue weighted by Gasteiger charge is 2.47. The zero-order valence-corrected chi connectivity index (χ0v) is 13.3. The minimum absolute atomic E-state index is 0.0773. The van der Waals surface area contributed by atoms with Gasteiger partial charge >= 0.3 is 0 Å². The Hall–Kier alpha value is -2.17. The van der Waals surface area contributed by atoms with Gasteiger partial charge in [0.25, 0.3) is 5.56 Å². The molecular weight excluding hydrogens is 293 g/mol. The predicted molar refractivity (Wildman–Crippen MR) is 87.6 cm³/mol. The molecule has 23 heavy (non-hydrogen) atoms. The van der Waals surface area contributed by atoms with E-state index in [-0.39, 0.29) is 11.4 Å². The number of rotatable bonds is 3. The number of hydrogen-bond acceptors (Lipinski definition) is 3. The van der Waals surface area contributed by atoms with Gasteiger partial charge < -0.3 is 5.32 Å². The van der Waals surface area contributed by atoms with Gasteiger partial charge in [0, 0.05) is 13.0 Å². The molecule has 3 atom stereocenters. The number of halogens is 1. The van der Waals surface area contributed by atoms with Crippen LogP contribution in [0, 0.1) is 24.6 Å². The molecule has 4 rings (SSSR count). The molecule has 2 aliphatic rings. The van der Waals surface area contributed by atoms with Gasteiger partial charge in [0.1, 0.15) is 17.5 Å². The Morgan fingerprint density at radius 2 is 1.83 bits per heavy atom. The summed E-state index contributed by atoms with van der Waals surface area (Å²) in [7, 11) is 1.78. The Morgan fingerprint density at radius 1 is 1.17 bits per heavy atom. The van der Waals surface area contributed by atoms with E-state index in [1.165, 1.54) is 18.6 Å². The second-order valence-corrected chi connectivity index (χ2v) is 6.73. The lowest BCUT2D eigenvalue weighted by molar-refractivity contribution is 0.567. The van der Waals surface area contributed by atoms with E-state index in [1.807, 2.05) is 0 Å². The largest absolute Gasteiger partial charge is 0.373 e. The van der Waals surface area contributed by atoms with Crippen LogP contribution in [0.1, 0.15) is 36.6 Å². The monoisotopic (exact) mass is 313 g/mol. The maximum Gasteiger partial charge on any atom is 0.263 e. The standard InChI is InChI=1S/C18H20FN3O/c1-10-16(20-2)21-17(13-8-11-7-12(11)9-13)22(18(10)23)15-5-3-14(19)4-6-15/h3-6,11-13,20H,7-9H2,1-2H3/t11-,12+,13?. The first-order valence-electron chi connectivity index (χ1n) is 8.15. The normalized spacial score (nSPS) is 25.3. The summed E-state index contributed by atoms with van der Waals surface area (Å²) in [5, 5.41) is 3.03.